The van der Waals surface area contributed by atoms with Crippen LogP contribution in [0, 0.1) is 5.92 Å². The normalized spacial score (nSPS) is 12.8. The Morgan fingerprint density at radius 3 is 2.48 bits per heavy atom. The van der Waals surface area contributed by atoms with Gasteiger partial charge in [-0.15, -0.1) is 0 Å². The molecule has 0 aliphatic heterocycles. The lowest BCUT2D eigenvalue weighted by Gasteiger charge is -2.18. The average molecular weight is 300 g/mol. The van der Waals surface area contributed by atoms with Crippen LogP contribution in [0.5, 0.6) is 0 Å². The smallest absolute Gasteiger partial charge is 0.421 e. The molecule has 1 unspecified atom stereocenters. The summed E-state index contributed by atoms with van der Waals surface area (Å²) in [5.74, 6) is -0.881. The third kappa shape index (κ3) is 9.61. The molecule has 7 nitrogen and oxygen atoms in total. The fourth-order valence-corrected chi connectivity index (χ4v) is 1.51. The van der Waals surface area contributed by atoms with Crippen LogP contribution in [0.2, 0.25) is 0 Å². The summed E-state index contributed by atoms with van der Waals surface area (Å²) in [5, 5.41) is 17.1. The predicted molar refractivity (Wildman–Crippen MR) is 76.7 cm³/mol. The summed E-state index contributed by atoms with van der Waals surface area (Å²) in [5.41, 5.74) is 0. The predicted octanol–water partition coefficient (Wildman–Crippen LogP) is 2.49. The SMILES string of the molecule is CC(=O)O.CCCCCC(C)[C@H](O)OC(=O)n1ccnc1. The molecule has 1 rings (SSSR count). The molecule has 7 heteroatoms. The van der Waals surface area contributed by atoms with Crippen LogP contribution < -0.4 is 0 Å². The third-order valence-corrected chi connectivity index (χ3v) is 2.69. The van der Waals surface area contributed by atoms with Crippen LogP contribution in [0.25, 0.3) is 0 Å². The molecule has 0 bridgehead atoms. The van der Waals surface area contributed by atoms with E-state index in [0.717, 1.165) is 32.6 Å². The number of carboxylic acid groups (broad SMARTS) is 1. The molecule has 0 saturated heterocycles. The van der Waals surface area contributed by atoms with Gasteiger partial charge < -0.3 is 14.9 Å². The molecule has 1 aromatic rings. The van der Waals surface area contributed by atoms with Gasteiger partial charge in [0.15, 0.2) is 0 Å². The van der Waals surface area contributed by atoms with Crippen LogP contribution in [-0.4, -0.2) is 38.1 Å². The van der Waals surface area contributed by atoms with Crippen LogP contribution in [-0.2, 0) is 9.53 Å². The summed E-state index contributed by atoms with van der Waals surface area (Å²) in [7, 11) is 0. The van der Waals surface area contributed by atoms with E-state index in [1.165, 1.54) is 23.3 Å². The summed E-state index contributed by atoms with van der Waals surface area (Å²) in [4.78, 5) is 24.2. The minimum absolute atomic E-state index is 0.0472. The Hall–Kier alpha value is -1.89. The molecule has 0 spiro atoms. The third-order valence-electron chi connectivity index (χ3n) is 2.69. The van der Waals surface area contributed by atoms with E-state index in [-0.39, 0.29) is 5.92 Å². The van der Waals surface area contributed by atoms with Crippen LogP contribution in [0.15, 0.2) is 18.7 Å². The van der Waals surface area contributed by atoms with Gasteiger partial charge in [-0.25, -0.2) is 14.3 Å². The van der Waals surface area contributed by atoms with Crippen molar-refractivity contribution in [3.8, 4) is 0 Å². The van der Waals surface area contributed by atoms with Gasteiger partial charge in [-0.1, -0.05) is 33.1 Å². The summed E-state index contributed by atoms with van der Waals surface area (Å²) in [6, 6.07) is 0. The van der Waals surface area contributed by atoms with Gasteiger partial charge in [-0.2, -0.15) is 0 Å². The monoisotopic (exact) mass is 300 g/mol. The fraction of sp³-hybridized carbons (Fsp3) is 0.643. The molecular weight excluding hydrogens is 276 g/mol. The molecule has 120 valence electrons. The van der Waals surface area contributed by atoms with Gasteiger partial charge in [0.2, 0.25) is 6.29 Å². The molecule has 0 aromatic carbocycles. The van der Waals surface area contributed by atoms with Crippen molar-refractivity contribution in [1.29, 1.82) is 0 Å². The van der Waals surface area contributed by atoms with E-state index in [1.807, 2.05) is 6.92 Å². The molecule has 1 aromatic heterocycles. The zero-order chi connectivity index (χ0) is 16.3. The summed E-state index contributed by atoms with van der Waals surface area (Å²) in [6.45, 7) is 5.09. The summed E-state index contributed by atoms with van der Waals surface area (Å²) >= 11 is 0. The van der Waals surface area contributed by atoms with Crippen molar-refractivity contribution in [2.24, 2.45) is 5.92 Å². The van der Waals surface area contributed by atoms with Crippen LogP contribution in [0.3, 0.4) is 0 Å². The van der Waals surface area contributed by atoms with Crippen molar-refractivity contribution >= 4 is 12.1 Å². The Morgan fingerprint density at radius 2 is 2.00 bits per heavy atom. The Balaban J connectivity index is 0.000000885. The number of carbonyl (C=O) groups is 2. The van der Waals surface area contributed by atoms with Gasteiger partial charge in [0.25, 0.3) is 5.97 Å². The van der Waals surface area contributed by atoms with Gasteiger partial charge in [0, 0.05) is 25.2 Å². The van der Waals surface area contributed by atoms with Crippen LogP contribution in [0.1, 0.15) is 46.5 Å². The number of aliphatic hydroxyl groups excluding tert-OH is 1. The van der Waals surface area contributed by atoms with E-state index in [4.69, 9.17) is 14.6 Å². The lowest BCUT2D eigenvalue weighted by Crippen LogP contribution is -2.27. The maximum atomic E-state index is 11.5. The molecule has 0 aliphatic rings. The maximum Gasteiger partial charge on any atom is 0.421 e. The van der Waals surface area contributed by atoms with Gasteiger partial charge in [-0.3, -0.25) is 4.79 Å². The maximum absolute atomic E-state index is 11.5. The minimum atomic E-state index is -1.05. The van der Waals surface area contributed by atoms with Gasteiger partial charge in [0.05, 0.1) is 0 Å². The van der Waals surface area contributed by atoms with Crippen molar-refractivity contribution in [3.05, 3.63) is 18.7 Å². The van der Waals surface area contributed by atoms with Crippen molar-refractivity contribution in [2.75, 3.05) is 0 Å². The van der Waals surface area contributed by atoms with Crippen LogP contribution >= 0.6 is 0 Å². The molecule has 0 amide bonds. The van der Waals surface area contributed by atoms with Crippen molar-refractivity contribution in [1.82, 2.24) is 9.55 Å². The largest absolute Gasteiger partial charge is 0.481 e. The first-order valence-electron chi connectivity index (χ1n) is 6.95. The Kier molecular flexibility index (Phi) is 9.87. The van der Waals surface area contributed by atoms with Crippen molar-refractivity contribution in [2.45, 2.75) is 52.7 Å². The van der Waals surface area contributed by atoms with Gasteiger partial charge in [-0.05, 0) is 6.42 Å². The molecule has 0 saturated carbocycles. The molecule has 2 N–H and O–H groups in total. The van der Waals surface area contributed by atoms with Crippen LogP contribution in [0.4, 0.5) is 4.79 Å². The number of aromatic nitrogens is 2. The summed E-state index contributed by atoms with van der Waals surface area (Å²) in [6.07, 6.45) is 6.82. The number of carboxylic acids is 1. The second-order valence-corrected chi connectivity index (χ2v) is 4.74. The molecule has 1 heterocycles. The highest BCUT2D eigenvalue weighted by atomic mass is 16.6. The number of hydrogen-bond donors (Lipinski definition) is 2. The number of carbonyl (C=O) groups excluding carboxylic acids is 1. The quantitative estimate of drug-likeness (QED) is 0.618. The molecule has 0 fully saturated rings. The molecule has 21 heavy (non-hydrogen) atoms. The lowest BCUT2D eigenvalue weighted by molar-refractivity contribution is -0.134. The first kappa shape index (κ1) is 19.1. The Labute approximate surface area is 124 Å². The fourth-order valence-electron chi connectivity index (χ4n) is 1.51. The second-order valence-electron chi connectivity index (χ2n) is 4.74. The second kappa shape index (κ2) is 10.8. The topological polar surface area (TPSA) is 102 Å². The Bertz CT molecular complexity index is 402. The van der Waals surface area contributed by atoms with Crippen molar-refractivity contribution in [3.63, 3.8) is 0 Å². The highest BCUT2D eigenvalue weighted by molar-refractivity contribution is 5.70. The molecule has 2 atom stereocenters. The van der Waals surface area contributed by atoms with Crippen molar-refractivity contribution < 1.29 is 24.5 Å². The van der Waals surface area contributed by atoms with E-state index >= 15 is 0 Å². The first-order chi connectivity index (χ1) is 9.88. The van der Waals surface area contributed by atoms with Gasteiger partial charge >= 0.3 is 6.09 Å². The van der Waals surface area contributed by atoms with E-state index in [9.17, 15) is 9.90 Å². The van der Waals surface area contributed by atoms with E-state index in [2.05, 4.69) is 11.9 Å². The zero-order valence-corrected chi connectivity index (χ0v) is 12.7. The minimum Gasteiger partial charge on any atom is -0.481 e. The number of unbranched alkanes of at least 4 members (excludes halogenated alkanes) is 2. The summed E-state index contributed by atoms with van der Waals surface area (Å²) < 4.78 is 6.12. The number of aliphatic hydroxyl groups is 1. The van der Waals surface area contributed by atoms with E-state index in [0.29, 0.717) is 0 Å². The number of ether oxygens (including phenoxy) is 1. The number of aliphatic carboxylic acids is 1. The standard InChI is InChI=1S/C12H20N2O3.C2H4O2/c1-3-4-5-6-10(2)11(15)17-12(16)14-8-7-13-9-14;1-2(3)4/h7-11,15H,3-6H2,1-2H3;1H3,(H,3,4)/t10?,11-;/m1./s1. The van der Waals surface area contributed by atoms with E-state index in [1.54, 1.807) is 0 Å². The number of hydrogen-bond acceptors (Lipinski definition) is 5. The van der Waals surface area contributed by atoms with Gasteiger partial charge in [0.1, 0.15) is 6.33 Å². The molecule has 0 aliphatic carbocycles. The van der Waals surface area contributed by atoms with E-state index < -0.39 is 18.4 Å². The number of imidazole rings is 1. The number of rotatable bonds is 6. The zero-order valence-electron chi connectivity index (χ0n) is 12.7. The highest BCUT2D eigenvalue weighted by Crippen LogP contribution is 2.14. The lowest BCUT2D eigenvalue weighted by atomic mass is 10.0. The Morgan fingerprint density at radius 1 is 1.38 bits per heavy atom. The average Bonchev–Trinajstić information content (AvgIpc) is 2.92. The molecular formula is C14H24N2O5. The highest BCUT2D eigenvalue weighted by Gasteiger charge is 2.19. The first-order valence-corrected chi connectivity index (χ1v) is 6.95. The number of nitrogens with zero attached hydrogens (tertiary/aromatic N) is 2. The molecule has 0 radical (unpaired) electrons.